The van der Waals surface area contributed by atoms with Crippen molar-refractivity contribution in [2.45, 2.75) is 0 Å². The molecule has 1 N–H and O–H groups in total. The van der Waals surface area contributed by atoms with Gasteiger partial charge in [-0.3, -0.25) is 4.79 Å². The van der Waals surface area contributed by atoms with Crippen LogP contribution in [0.2, 0.25) is 5.15 Å². The van der Waals surface area contributed by atoms with E-state index in [1.54, 1.807) is 18.2 Å². The van der Waals surface area contributed by atoms with Crippen LogP contribution >= 0.6 is 11.6 Å². The molecule has 0 fully saturated rings. The van der Waals surface area contributed by atoms with Gasteiger partial charge < -0.3 is 10.2 Å². The van der Waals surface area contributed by atoms with Gasteiger partial charge in [0.25, 0.3) is 5.91 Å². The van der Waals surface area contributed by atoms with Crippen molar-refractivity contribution < 1.29 is 4.79 Å². The lowest BCUT2D eigenvalue weighted by Gasteiger charge is -2.11. The molecule has 0 aliphatic rings. The first-order valence-corrected chi connectivity index (χ1v) is 5.86. The topological polar surface area (TPSA) is 71.0 Å². The van der Waals surface area contributed by atoms with Gasteiger partial charge >= 0.3 is 0 Å². The smallest absolute Gasteiger partial charge is 0.258 e. The molecule has 6 nitrogen and oxygen atoms in total. The van der Waals surface area contributed by atoms with Crippen molar-refractivity contribution >= 4 is 29.1 Å². The lowest BCUT2D eigenvalue weighted by atomic mass is 10.3. The highest BCUT2D eigenvalue weighted by atomic mass is 35.5. The van der Waals surface area contributed by atoms with E-state index in [4.69, 9.17) is 11.6 Å². The fourth-order valence-electron chi connectivity index (χ4n) is 1.36. The first-order chi connectivity index (χ1) is 9.06. The molecule has 98 valence electrons. The van der Waals surface area contributed by atoms with Crippen LogP contribution in [-0.4, -0.2) is 35.0 Å². The zero-order valence-electron chi connectivity index (χ0n) is 10.5. The van der Waals surface area contributed by atoms with E-state index in [1.807, 2.05) is 19.0 Å². The number of anilines is 2. The van der Waals surface area contributed by atoms with E-state index < -0.39 is 0 Å². The lowest BCUT2D eigenvalue weighted by molar-refractivity contribution is 0.102. The zero-order valence-corrected chi connectivity index (χ0v) is 11.2. The number of carbonyl (C=O) groups excluding carboxylic acids is 1. The van der Waals surface area contributed by atoms with Crippen LogP contribution in [0.25, 0.3) is 0 Å². The number of hydrogen-bond donors (Lipinski definition) is 1. The average molecular weight is 278 g/mol. The first-order valence-electron chi connectivity index (χ1n) is 5.48. The molecule has 0 saturated heterocycles. The van der Waals surface area contributed by atoms with Crippen molar-refractivity contribution in [2.24, 2.45) is 0 Å². The number of rotatable bonds is 3. The molecular formula is C12H12ClN5O. The Bertz CT molecular complexity index is 585. The van der Waals surface area contributed by atoms with Gasteiger partial charge in [0.15, 0.2) is 0 Å². The van der Waals surface area contributed by atoms with Crippen molar-refractivity contribution in [2.75, 3.05) is 24.3 Å². The third kappa shape index (κ3) is 3.38. The van der Waals surface area contributed by atoms with Crippen LogP contribution in [0.1, 0.15) is 10.4 Å². The van der Waals surface area contributed by atoms with Gasteiger partial charge in [0.2, 0.25) is 0 Å². The van der Waals surface area contributed by atoms with Gasteiger partial charge in [-0.05, 0) is 12.1 Å². The summed E-state index contributed by atoms with van der Waals surface area (Å²) in [5, 5.41) is 3.01. The normalized spacial score (nSPS) is 10.1. The second-order valence-electron chi connectivity index (χ2n) is 3.98. The van der Waals surface area contributed by atoms with Crippen molar-refractivity contribution in [1.29, 1.82) is 0 Å². The van der Waals surface area contributed by atoms with E-state index in [2.05, 4.69) is 20.3 Å². The Balaban J connectivity index is 2.14. The highest BCUT2D eigenvalue weighted by Gasteiger charge is 2.08. The van der Waals surface area contributed by atoms with Crippen LogP contribution < -0.4 is 10.2 Å². The molecule has 1 amide bonds. The summed E-state index contributed by atoms with van der Waals surface area (Å²) >= 11 is 5.66. The van der Waals surface area contributed by atoms with E-state index in [0.717, 1.165) is 0 Å². The third-order valence-corrected chi connectivity index (χ3v) is 2.57. The Morgan fingerprint density at radius 2 is 2.05 bits per heavy atom. The number of nitrogens with zero attached hydrogens (tertiary/aromatic N) is 4. The number of carbonyl (C=O) groups is 1. The van der Waals surface area contributed by atoms with E-state index in [-0.39, 0.29) is 5.91 Å². The monoisotopic (exact) mass is 277 g/mol. The van der Waals surface area contributed by atoms with Crippen molar-refractivity contribution in [3.63, 3.8) is 0 Å². The number of halogens is 1. The van der Waals surface area contributed by atoms with Crippen LogP contribution in [-0.2, 0) is 0 Å². The maximum atomic E-state index is 11.9. The molecule has 7 heteroatoms. The van der Waals surface area contributed by atoms with Crippen LogP contribution in [0.5, 0.6) is 0 Å². The molecule has 0 atom stereocenters. The predicted octanol–water partition coefficient (Wildman–Crippen LogP) is 1.84. The summed E-state index contributed by atoms with van der Waals surface area (Å²) in [5.74, 6) is 0.839. The molecule has 2 rings (SSSR count). The van der Waals surface area contributed by atoms with Crippen LogP contribution in [0.3, 0.4) is 0 Å². The van der Waals surface area contributed by atoms with Gasteiger partial charge in [0, 0.05) is 26.4 Å². The molecular weight excluding hydrogens is 266 g/mol. The minimum absolute atomic E-state index is 0.299. The molecule has 0 bridgehead atoms. The standard InChI is InChI=1S/C12H12ClN5O/c1-18(2)11-5-10(15-7-16-11)17-12(19)8-3-4-9(13)14-6-8/h3-7H,1-2H3,(H,15,16,17,19). The molecule has 0 aliphatic carbocycles. The van der Waals surface area contributed by atoms with Gasteiger partial charge in [0.1, 0.15) is 23.1 Å². The van der Waals surface area contributed by atoms with E-state index >= 15 is 0 Å². The number of nitrogens with one attached hydrogen (secondary N) is 1. The molecule has 2 aromatic heterocycles. The Morgan fingerprint density at radius 1 is 1.26 bits per heavy atom. The summed E-state index contributed by atoms with van der Waals surface area (Å²) in [7, 11) is 3.72. The second kappa shape index (κ2) is 5.62. The molecule has 0 aliphatic heterocycles. The second-order valence-corrected chi connectivity index (χ2v) is 4.37. The predicted molar refractivity (Wildman–Crippen MR) is 73.6 cm³/mol. The van der Waals surface area contributed by atoms with Gasteiger partial charge in [-0.1, -0.05) is 11.6 Å². The summed E-state index contributed by atoms with van der Waals surface area (Å²) < 4.78 is 0. The highest BCUT2D eigenvalue weighted by Crippen LogP contribution is 2.12. The number of pyridine rings is 1. The van der Waals surface area contributed by atoms with Crippen molar-refractivity contribution in [3.8, 4) is 0 Å². The molecule has 0 spiro atoms. The van der Waals surface area contributed by atoms with Gasteiger partial charge in [-0.25, -0.2) is 15.0 Å². The largest absolute Gasteiger partial charge is 0.363 e. The van der Waals surface area contributed by atoms with Gasteiger partial charge in [0.05, 0.1) is 5.56 Å². The number of aromatic nitrogens is 3. The quantitative estimate of drug-likeness (QED) is 0.867. The average Bonchev–Trinajstić information content (AvgIpc) is 2.39. The maximum Gasteiger partial charge on any atom is 0.258 e. The minimum Gasteiger partial charge on any atom is -0.363 e. The Labute approximate surface area is 115 Å². The lowest BCUT2D eigenvalue weighted by Crippen LogP contribution is -2.15. The third-order valence-electron chi connectivity index (χ3n) is 2.34. The summed E-state index contributed by atoms with van der Waals surface area (Å²) in [6, 6.07) is 4.83. The van der Waals surface area contributed by atoms with Gasteiger partial charge in [-0.2, -0.15) is 0 Å². The molecule has 0 unspecified atom stereocenters. The summed E-state index contributed by atoms with van der Waals surface area (Å²) in [5.41, 5.74) is 0.411. The molecule has 2 aromatic rings. The molecule has 0 radical (unpaired) electrons. The molecule has 0 saturated carbocycles. The number of hydrogen-bond acceptors (Lipinski definition) is 5. The highest BCUT2D eigenvalue weighted by molar-refractivity contribution is 6.29. The summed E-state index contributed by atoms with van der Waals surface area (Å²) in [6.07, 6.45) is 2.80. The zero-order chi connectivity index (χ0) is 13.8. The van der Waals surface area contributed by atoms with Crippen LogP contribution in [0.4, 0.5) is 11.6 Å². The fraction of sp³-hybridized carbons (Fsp3) is 0.167. The van der Waals surface area contributed by atoms with Gasteiger partial charge in [-0.15, -0.1) is 0 Å². The fourth-order valence-corrected chi connectivity index (χ4v) is 1.47. The van der Waals surface area contributed by atoms with Crippen LogP contribution in [0, 0.1) is 0 Å². The Hall–Kier alpha value is -2.21. The summed E-state index contributed by atoms with van der Waals surface area (Å²) in [6.45, 7) is 0. The van der Waals surface area contributed by atoms with Crippen molar-refractivity contribution in [1.82, 2.24) is 15.0 Å². The van der Waals surface area contributed by atoms with E-state index in [0.29, 0.717) is 22.4 Å². The Morgan fingerprint density at radius 3 is 2.68 bits per heavy atom. The van der Waals surface area contributed by atoms with Crippen LogP contribution in [0.15, 0.2) is 30.7 Å². The minimum atomic E-state index is -0.299. The van der Waals surface area contributed by atoms with E-state index in [1.165, 1.54) is 12.5 Å². The van der Waals surface area contributed by atoms with E-state index in [9.17, 15) is 4.79 Å². The first kappa shape index (κ1) is 13.2. The SMILES string of the molecule is CN(C)c1cc(NC(=O)c2ccc(Cl)nc2)ncn1. The molecule has 0 aromatic carbocycles. The van der Waals surface area contributed by atoms with Crippen molar-refractivity contribution in [3.05, 3.63) is 41.4 Å². The molecule has 2 heterocycles. The number of amides is 1. The molecule has 19 heavy (non-hydrogen) atoms. The Kier molecular flexibility index (Phi) is 3.91. The maximum absolute atomic E-state index is 11.9. The summed E-state index contributed by atoms with van der Waals surface area (Å²) in [4.78, 5) is 25.7.